The van der Waals surface area contributed by atoms with Gasteiger partial charge in [-0.2, -0.15) is 5.10 Å². The van der Waals surface area contributed by atoms with Crippen molar-refractivity contribution in [1.29, 1.82) is 0 Å². The molecule has 1 aromatic carbocycles. The average molecular weight is 328 g/mol. The van der Waals surface area contributed by atoms with Crippen LogP contribution in [0.25, 0.3) is 10.9 Å². The van der Waals surface area contributed by atoms with Crippen LogP contribution in [-0.2, 0) is 0 Å². The van der Waals surface area contributed by atoms with Crippen LogP contribution in [0.5, 0.6) is 0 Å². The molecule has 24 heavy (non-hydrogen) atoms. The minimum atomic E-state index is -0.396. The molecule has 0 spiro atoms. The first-order valence-electron chi connectivity index (χ1n) is 7.41. The summed E-state index contributed by atoms with van der Waals surface area (Å²) in [6.45, 7) is 1.82. The van der Waals surface area contributed by atoms with E-state index in [2.05, 4.69) is 31.1 Å². The van der Waals surface area contributed by atoms with Crippen molar-refractivity contribution in [3.05, 3.63) is 47.9 Å². The summed E-state index contributed by atoms with van der Waals surface area (Å²) in [5.41, 5.74) is 1.57. The molecule has 2 heterocycles. The number of carbonyl (C=O) groups is 1. The van der Waals surface area contributed by atoms with Crippen molar-refractivity contribution in [2.75, 3.05) is 17.7 Å². The average Bonchev–Trinajstić information content (AvgIpc) is 2.97. The van der Waals surface area contributed by atoms with Crippen molar-refractivity contribution in [3.8, 4) is 0 Å². The van der Waals surface area contributed by atoms with E-state index in [1.165, 1.54) is 12.1 Å². The van der Waals surface area contributed by atoms with Gasteiger partial charge in [-0.1, -0.05) is 12.1 Å². The predicted octanol–water partition coefficient (Wildman–Crippen LogP) is 3.02. The minimum Gasteiger partial charge on any atom is -0.371 e. The van der Waals surface area contributed by atoms with Gasteiger partial charge in [0, 0.05) is 19.3 Å². The fourth-order valence-electron chi connectivity index (χ4n) is 2.36. The molecule has 0 aliphatic carbocycles. The molecule has 0 fully saturated rings. The number of fused-ring (bicyclic) bond motifs is 1. The second-order valence-electron chi connectivity index (χ2n) is 5.31. The summed E-state index contributed by atoms with van der Waals surface area (Å²) >= 11 is 0. The number of aromatic nitrogens is 3. The number of amides is 2. The fraction of sp³-hybridized carbons (Fsp3) is 0.188. The Labute approximate surface area is 137 Å². The van der Waals surface area contributed by atoms with Crippen LogP contribution in [0.1, 0.15) is 18.5 Å². The minimum absolute atomic E-state index is 0.266. The Kier molecular flexibility index (Phi) is 4.28. The first-order chi connectivity index (χ1) is 11.6. The number of hydrogen-bond donors (Lipinski definition) is 4. The maximum Gasteiger partial charge on any atom is 0.320 e. The molecule has 1 atom stereocenters. The second kappa shape index (κ2) is 6.53. The van der Waals surface area contributed by atoms with Crippen LogP contribution in [-0.4, -0.2) is 28.3 Å². The number of nitrogens with zero attached hydrogens (tertiary/aromatic N) is 2. The third kappa shape index (κ3) is 3.27. The highest BCUT2D eigenvalue weighted by Gasteiger charge is 2.11. The zero-order chi connectivity index (χ0) is 17.1. The Bertz CT molecular complexity index is 861. The third-order valence-electron chi connectivity index (χ3n) is 3.64. The topological polar surface area (TPSA) is 94.7 Å². The number of benzene rings is 1. The highest BCUT2D eigenvalue weighted by atomic mass is 19.1. The standard InChI is InChI=1S/C16H17FN6O/c1-9(10-3-5-11(17)6-4-10)20-16(24)21-14-7-13-12(8-19-14)15(18-2)23-22-13/h3-9H,1-2H3,(H2,18,22,23)(H2,19,20,21,24). The summed E-state index contributed by atoms with van der Waals surface area (Å²) in [5.74, 6) is 0.782. The largest absolute Gasteiger partial charge is 0.371 e. The second-order valence-corrected chi connectivity index (χ2v) is 5.31. The van der Waals surface area contributed by atoms with Gasteiger partial charge in [-0.3, -0.25) is 10.4 Å². The van der Waals surface area contributed by atoms with Gasteiger partial charge in [-0.25, -0.2) is 14.2 Å². The van der Waals surface area contributed by atoms with Gasteiger partial charge in [0.2, 0.25) is 0 Å². The zero-order valence-corrected chi connectivity index (χ0v) is 13.2. The van der Waals surface area contributed by atoms with E-state index >= 15 is 0 Å². The number of carbonyl (C=O) groups excluding carboxylic acids is 1. The lowest BCUT2D eigenvalue weighted by molar-refractivity contribution is 0.249. The van der Waals surface area contributed by atoms with Crippen LogP contribution in [0.15, 0.2) is 36.5 Å². The molecule has 3 rings (SSSR count). The Hall–Kier alpha value is -3.16. The van der Waals surface area contributed by atoms with E-state index in [0.29, 0.717) is 11.6 Å². The Morgan fingerprint density at radius 3 is 2.75 bits per heavy atom. The number of H-pyrrole nitrogens is 1. The van der Waals surface area contributed by atoms with Gasteiger partial charge in [0.25, 0.3) is 0 Å². The van der Waals surface area contributed by atoms with E-state index in [4.69, 9.17) is 0 Å². The molecule has 0 saturated heterocycles. The van der Waals surface area contributed by atoms with Gasteiger partial charge in [0.05, 0.1) is 16.9 Å². The van der Waals surface area contributed by atoms with E-state index in [9.17, 15) is 9.18 Å². The summed E-state index contributed by atoms with van der Waals surface area (Å²) in [5, 5.41) is 16.2. The summed E-state index contributed by atoms with van der Waals surface area (Å²) in [6, 6.07) is 7.02. The van der Waals surface area contributed by atoms with Gasteiger partial charge in [0.1, 0.15) is 11.6 Å². The number of nitrogens with one attached hydrogen (secondary N) is 4. The Balaban J connectivity index is 1.67. The monoisotopic (exact) mass is 328 g/mol. The molecule has 4 N–H and O–H groups in total. The first-order valence-corrected chi connectivity index (χ1v) is 7.41. The van der Waals surface area contributed by atoms with Gasteiger partial charge in [-0.15, -0.1) is 0 Å². The SMILES string of the molecule is CNc1n[nH]c2cc(NC(=O)NC(C)c3ccc(F)cc3)ncc12. The van der Waals surface area contributed by atoms with E-state index in [1.54, 1.807) is 31.4 Å². The molecule has 0 radical (unpaired) electrons. The molecule has 2 aromatic heterocycles. The molecule has 1 unspecified atom stereocenters. The lowest BCUT2D eigenvalue weighted by Crippen LogP contribution is -2.31. The van der Waals surface area contributed by atoms with E-state index in [-0.39, 0.29) is 11.9 Å². The lowest BCUT2D eigenvalue weighted by Gasteiger charge is -2.14. The molecular weight excluding hydrogens is 311 g/mol. The van der Waals surface area contributed by atoms with Crippen molar-refractivity contribution in [1.82, 2.24) is 20.5 Å². The van der Waals surface area contributed by atoms with Gasteiger partial charge < -0.3 is 10.6 Å². The third-order valence-corrected chi connectivity index (χ3v) is 3.64. The quantitative estimate of drug-likeness (QED) is 0.592. The Morgan fingerprint density at radius 1 is 1.29 bits per heavy atom. The van der Waals surface area contributed by atoms with E-state index < -0.39 is 6.03 Å². The smallest absolute Gasteiger partial charge is 0.320 e. The Morgan fingerprint density at radius 2 is 2.04 bits per heavy atom. The number of hydrogen-bond acceptors (Lipinski definition) is 4. The number of rotatable bonds is 4. The zero-order valence-electron chi connectivity index (χ0n) is 13.2. The maximum atomic E-state index is 12.9. The number of anilines is 2. The molecule has 0 aliphatic rings. The number of halogens is 1. The predicted molar refractivity (Wildman–Crippen MR) is 90.4 cm³/mol. The van der Waals surface area contributed by atoms with Crippen LogP contribution < -0.4 is 16.0 Å². The van der Waals surface area contributed by atoms with Crippen molar-refractivity contribution in [2.24, 2.45) is 0 Å². The van der Waals surface area contributed by atoms with Gasteiger partial charge >= 0.3 is 6.03 Å². The normalized spacial score (nSPS) is 12.0. The number of pyridine rings is 1. The van der Waals surface area contributed by atoms with Crippen LogP contribution in [0.3, 0.4) is 0 Å². The van der Waals surface area contributed by atoms with Crippen LogP contribution in [0.4, 0.5) is 20.8 Å². The highest BCUT2D eigenvalue weighted by Crippen LogP contribution is 2.21. The molecule has 7 nitrogen and oxygen atoms in total. The molecular formula is C16H17FN6O. The molecule has 8 heteroatoms. The van der Waals surface area contributed by atoms with E-state index in [0.717, 1.165) is 16.5 Å². The lowest BCUT2D eigenvalue weighted by atomic mass is 10.1. The maximum absolute atomic E-state index is 12.9. The summed E-state index contributed by atoms with van der Waals surface area (Å²) < 4.78 is 12.9. The van der Waals surface area contributed by atoms with Crippen molar-refractivity contribution >= 4 is 28.6 Å². The number of aromatic amines is 1. The van der Waals surface area contributed by atoms with E-state index in [1.807, 2.05) is 6.92 Å². The van der Waals surface area contributed by atoms with Crippen LogP contribution >= 0.6 is 0 Å². The summed E-state index contributed by atoms with van der Waals surface area (Å²) in [6.07, 6.45) is 1.63. The van der Waals surface area contributed by atoms with Crippen molar-refractivity contribution in [3.63, 3.8) is 0 Å². The summed E-state index contributed by atoms with van der Waals surface area (Å²) in [7, 11) is 1.77. The van der Waals surface area contributed by atoms with Crippen molar-refractivity contribution < 1.29 is 9.18 Å². The van der Waals surface area contributed by atoms with Gasteiger partial charge in [0.15, 0.2) is 5.82 Å². The molecule has 124 valence electrons. The van der Waals surface area contributed by atoms with Crippen LogP contribution in [0.2, 0.25) is 0 Å². The van der Waals surface area contributed by atoms with Crippen molar-refractivity contribution in [2.45, 2.75) is 13.0 Å². The molecule has 3 aromatic rings. The molecule has 0 saturated carbocycles. The first kappa shape index (κ1) is 15.7. The fourth-order valence-corrected chi connectivity index (χ4v) is 2.36. The highest BCUT2D eigenvalue weighted by molar-refractivity contribution is 5.94. The molecule has 2 amide bonds. The number of urea groups is 1. The molecule has 0 aliphatic heterocycles. The molecule has 0 bridgehead atoms. The van der Waals surface area contributed by atoms with Gasteiger partial charge in [-0.05, 0) is 24.6 Å². The van der Waals surface area contributed by atoms with Crippen LogP contribution in [0, 0.1) is 5.82 Å². The summed E-state index contributed by atoms with van der Waals surface area (Å²) in [4.78, 5) is 16.3.